The number of ketones is 1. The van der Waals surface area contributed by atoms with Crippen molar-refractivity contribution in [1.29, 1.82) is 0 Å². The maximum Gasteiger partial charge on any atom is 0.222 e. The van der Waals surface area contributed by atoms with E-state index < -0.39 is 0 Å². The number of Topliss-reactive ketones (excluding diaryl/α,β-unsaturated/α-hetero) is 1. The lowest BCUT2D eigenvalue weighted by Crippen LogP contribution is -2.42. The van der Waals surface area contributed by atoms with Crippen LogP contribution in [0.15, 0.2) is 23.0 Å². The molecule has 1 saturated heterocycles. The van der Waals surface area contributed by atoms with Crippen LogP contribution in [-0.2, 0) is 11.2 Å². The average molecular weight is 348 g/mol. The summed E-state index contributed by atoms with van der Waals surface area (Å²) in [6.07, 6.45) is 3.04. The minimum Gasteiger partial charge on any atom is -0.342 e. The minimum atomic E-state index is -0.0449. The molecule has 2 aromatic heterocycles. The monoisotopic (exact) mass is 348 g/mol. The molecule has 0 aliphatic carbocycles. The summed E-state index contributed by atoms with van der Waals surface area (Å²) in [6, 6.07) is 3.78. The van der Waals surface area contributed by atoms with Crippen LogP contribution >= 0.6 is 22.7 Å². The number of hydrogen-bond donors (Lipinski definition) is 0. The summed E-state index contributed by atoms with van der Waals surface area (Å²) in [5.74, 6) is 0.300. The van der Waals surface area contributed by atoms with E-state index in [0.717, 1.165) is 36.4 Å². The molecule has 0 radical (unpaired) electrons. The van der Waals surface area contributed by atoms with Gasteiger partial charge in [0.15, 0.2) is 5.78 Å². The summed E-state index contributed by atoms with van der Waals surface area (Å²) in [5.41, 5.74) is 2.85. The third-order valence-corrected chi connectivity index (χ3v) is 6.20. The van der Waals surface area contributed by atoms with Crippen molar-refractivity contribution in [3.05, 3.63) is 38.5 Å². The van der Waals surface area contributed by atoms with Crippen LogP contribution in [0.5, 0.6) is 0 Å². The number of amides is 1. The number of carbonyl (C=O) groups is 2. The molecule has 0 saturated carbocycles. The highest BCUT2D eigenvalue weighted by atomic mass is 32.1. The predicted molar refractivity (Wildman–Crippen MR) is 93.1 cm³/mol. The van der Waals surface area contributed by atoms with Gasteiger partial charge in [0.25, 0.3) is 0 Å². The number of likely N-dealkylation sites (tertiary alicyclic amines) is 1. The van der Waals surface area contributed by atoms with Crippen LogP contribution in [-0.4, -0.2) is 34.7 Å². The molecule has 4 nitrogen and oxygen atoms in total. The number of carbonyl (C=O) groups excluding carboxylic acids is 2. The van der Waals surface area contributed by atoms with Crippen LogP contribution < -0.4 is 0 Å². The molecule has 1 aliphatic rings. The number of thiazole rings is 1. The van der Waals surface area contributed by atoms with E-state index in [4.69, 9.17) is 0 Å². The Balaban J connectivity index is 1.56. The zero-order valence-electron chi connectivity index (χ0n) is 13.2. The van der Waals surface area contributed by atoms with Gasteiger partial charge in [0.05, 0.1) is 16.1 Å². The summed E-state index contributed by atoms with van der Waals surface area (Å²) >= 11 is 3.09. The van der Waals surface area contributed by atoms with E-state index in [1.54, 1.807) is 11.3 Å². The fourth-order valence-electron chi connectivity index (χ4n) is 2.98. The van der Waals surface area contributed by atoms with Crippen LogP contribution in [0.2, 0.25) is 0 Å². The first-order valence-corrected chi connectivity index (χ1v) is 9.65. The zero-order chi connectivity index (χ0) is 16.2. The van der Waals surface area contributed by atoms with Crippen molar-refractivity contribution < 1.29 is 9.59 Å². The molecule has 0 aromatic carbocycles. The largest absolute Gasteiger partial charge is 0.342 e. The molecule has 1 amide bonds. The van der Waals surface area contributed by atoms with Crippen molar-refractivity contribution in [3.63, 3.8) is 0 Å². The van der Waals surface area contributed by atoms with Crippen LogP contribution in [0.25, 0.3) is 0 Å². The van der Waals surface area contributed by atoms with Gasteiger partial charge >= 0.3 is 0 Å². The van der Waals surface area contributed by atoms with Gasteiger partial charge in [0.2, 0.25) is 5.91 Å². The molecule has 3 rings (SSSR count). The number of aromatic nitrogens is 1. The van der Waals surface area contributed by atoms with Crippen LogP contribution in [0.4, 0.5) is 0 Å². The maximum atomic E-state index is 12.5. The highest BCUT2D eigenvalue weighted by molar-refractivity contribution is 7.12. The van der Waals surface area contributed by atoms with E-state index in [-0.39, 0.29) is 17.6 Å². The van der Waals surface area contributed by atoms with Crippen molar-refractivity contribution in [2.75, 3.05) is 13.1 Å². The van der Waals surface area contributed by atoms with Gasteiger partial charge in [0.1, 0.15) is 0 Å². The van der Waals surface area contributed by atoms with E-state index in [1.807, 2.05) is 34.8 Å². The first-order valence-electron chi connectivity index (χ1n) is 7.89. The highest BCUT2D eigenvalue weighted by Gasteiger charge is 2.29. The van der Waals surface area contributed by atoms with E-state index in [0.29, 0.717) is 13.0 Å². The lowest BCUT2D eigenvalue weighted by molar-refractivity contribution is -0.132. The van der Waals surface area contributed by atoms with Gasteiger partial charge in [-0.15, -0.1) is 22.7 Å². The Morgan fingerprint density at radius 3 is 2.96 bits per heavy atom. The predicted octanol–water partition coefficient (Wildman–Crippen LogP) is 3.57. The van der Waals surface area contributed by atoms with E-state index >= 15 is 0 Å². The molecule has 2 aromatic rings. The summed E-state index contributed by atoms with van der Waals surface area (Å²) < 4.78 is 0. The van der Waals surface area contributed by atoms with Crippen molar-refractivity contribution in [1.82, 2.24) is 9.88 Å². The molecule has 1 aliphatic heterocycles. The fraction of sp³-hybridized carbons (Fsp3) is 0.471. The van der Waals surface area contributed by atoms with Gasteiger partial charge in [-0.1, -0.05) is 6.07 Å². The summed E-state index contributed by atoms with van der Waals surface area (Å²) in [7, 11) is 0. The first-order chi connectivity index (χ1) is 11.1. The van der Waals surface area contributed by atoms with Gasteiger partial charge in [-0.05, 0) is 37.6 Å². The van der Waals surface area contributed by atoms with Crippen molar-refractivity contribution in [2.45, 2.75) is 32.6 Å². The molecule has 0 unspecified atom stereocenters. The Morgan fingerprint density at radius 1 is 1.39 bits per heavy atom. The SMILES string of the molecule is Cc1ncsc1CCC(=O)N1CCC[C@H](C(=O)c2cccs2)C1. The van der Waals surface area contributed by atoms with E-state index in [9.17, 15) is 9.59 Å². The third-order valence-electron chi connectivity index (χ3n) is 4.32. The minimum absolute atomic E-state index is 0.0449. The van der Waals surface area contributed by atoms with Gasteiger partial charge in [-0.3, -0.25) is 9.59 Å². The van der Waals surface area contributed by atoms with Crippen molar-refractivity contribution in [2.24, 2.45) is 5.92 Å². The first kappa shape index (κ1) is 16.3. The number of nitrogens with zero attached hydrogens (tertiary/aromatic N) is 2. The van der Waals surface area contributed by atoms with E-state index in [1.165, 1.54) is 16.2 Å². The molecule has 6 heteroatoms. The Hall–Kier alpha value is -1.53. The lowest BCUT2D eigenvalue weighted by atomic mass is 9.92. The standard InChI is InChI=1S/C17H20N2O2S2/c1-12-14(23-11-18-12)6-7-16(20)19-8-2-4-13(10-19)17(21)15-5-3-9-22-15/h3,5,9,11,13H,2,4,6-8,10H2,1H3/t13-/m0/s1. The molecule has 0 N–H and O–H groups in total. The molecular weight excluding hydrogens is 328 g/mol. The Kier molecular flexibility index (Phi) is 5.23. The topological polar surface area (TPSA) is 50.3 Å². The van der Waals surface area contributed by atoms with E-state index in [2.05, 4.69) is 4.98 Å². The van der Waals surface area contributed by atoms with Crippen LogP contribution in [0, 0.1) is 12.8 Å². The lowest BCUT2D eigenvalue weighted by Gasteiger charge is -2.32. The molecule has 0 bridgehead atoms. The molecule has 122 valence electrons. The maximum absolute atomic E-state index is 12.5. The third kappa shape index (κ3) is 3.87. The molecule has 1 fully saturated rings. The Morgan fingerprint density at radius 2 is 2.26 bits per heavy atom. The van der Waals surface area contributed by atoms with Crippen LogP contribution in [0.1, 0.15) is 39.5 Å². The molecular formula is C17H20N2O2S2. The fourth-order valence-corrected chi connectivity index (χ4v) is 4.51. The van der Waals surface area contributed by atoms with Gasteiger partial charge in [-0.25, -0.2) is 4.98 Å². The summed E-state index contributed by atoms with van der Waals surface area (Å²) in [5, 5.41) is 1.93. The van der Waals surface area contributed by atoms with Crippen molar-refractivity contribution >= 4 is 34.4 Å². The summed E-state index contributed by atoms with van der Waals surface area (Å²) in [6.45, 7) is 3.32. The van der Waals surface area contributed by atoms with Crippen molar-refractivity contribution in [3.8, 4) is 0 Å². The van der Waals surface area contributed by atoms with Gasteiger partial charge in [0, 0.05) is 30.3 Å². The average Bonchev–Trinajstić information content (AvgIpc) is 3.24. The van der Waals surface area contributed by atoms with Gasteiger partial charge in [-0.2, -0.15) is 0 Å². The smallest absolute Gasteiger partial charge is 0.222 e. The van der Waals surface area contributed by atoms with Crippen LogP contribution in [0.3, 0.4) is 0 Å². The highest BCUT2D eigenvalue weighted by Crippen LogP contribution is 2.24. The number of thiophene rings is 1. The second-order valence-electron chi connectivity index (χ2n) is 5.88. The summed E-state index contributed by atoms with van der Waals surface area (Å²) in [4.78, 5) is 33.0. The number of aryl methyl sites for hydroxylation is 2. The molecule has 3 heterocycles. The number of rotatable bonds is 5. The molecule has 23 heavy (non-hydrogen) atoms. The second-order valence-corrected chi connectivity index (χ2v) is 7.77. The van der Waals surface area contributed by atoms with Gasteiger partial charge < -0.3 is 4.90 Å². The zero-order valence-corrected chi connectivity index (χ0v) is 14.8. The molecule has 1 atom stereocenters. The Bertz CT molecular complexity index is 679. The number of piperidine rings is 1. The Labute approximate surface area is 144 Å². The number of hydrogen-bond acceptors (Lipinski definition) is 5. The normalized spacial score (nSPS) is 18.1. The quantitative estimate of drug-likeness (QED) is 0.776. The second kappa shape index (κ2) is 7.36. The molecule has 0 spiro atoms.